The van der Waals surface area contributed by atoms with Crippen molar-refractivity contribution in [3.8, 4) is 0 Å². The van der Waals surface area contributed by atoms with E-state index in [1.54, 1.807) is 13.8 Å². The maximum atomic E-state index is 12.7. The minimum absolute atomic E-state index is 0.0764. The summed E-state index contributed by atoms with van der Waals surface area (Å²) in [5.41, 5.74) is 0.382. The second kappa shape index (κ2) is 9.67. The number of amides is 1. The van der Waals surface area contributed by atoms with E-state index in [0.717, 1.165) is 18.9 Å². The Morgan fingerprint density at radius 3 is 2.21 bits per heavy atom. The first-order valence-corrected chi connectivity index (χ1v) is 9.24. The Kier molecular flexibility index (Phi) is 8.40. The average molecular weight is 461 g/mol. The highest BCUT2D eigenvalue weighted by Crippen LogP contribution is 2.37. The molecule has 0 aromatic carbocycles. The van der Waals surface area contributed by atoms with Gasteiger partial charge in [0.15, 0.2) is 6.23 Å². The first kappa shape index (κ1) is 24.3. The van der Waals surface area contributed by atoms with E-state index in [1.165, 1.54) is 6.92 Å². The molecule has 1 aliphatic heterocycles. The van der Waals surface area contributed by atoms with Crippen LogP contribution in [0.4, 0.5) is 4.79 Å². The number of ether oxygens (including phenoxy) is 4. The number of nitrogens with zero attached hydrogens (tertiary/aromatic N) is 1. The summed E-state index contributed by atoms with van der Waals surface area (Å²) in [5, 5.41) is 0. The number of allylic oxidation sites excluding steroid dienone is 1. The molecule has 1 saturated heterocycles. The van der Waals surface area contributed by atoms with Crippen LogP contribution in [0.5, 0.6) is 0 Å². The Labute approximate surface area is 176 Å². The van der Waals surface area contributed by atoms with Crippen molar-refractivity contribution in [2.45, 2.75) is 44.5 Å². The number of hydrogen-bond donors (Lipinski definition) is 0. The summed E-state index contributed by atoms with van der Waals surface area (Å²) in [6.45, 7) is 5.68. The molecule has 0 N–H and O–H groups in total. The van der Waals surface area contributed by atoms with Crippen LogP contribution in [0.25, 0.3) is 0 Å². The number of hydrogen-bond acceptors (Lipinski definition) is 8. The van der Waals surface area contributed by atoms with Gasteiger partial charge in [-0.15, -0.1) is 11.6 Å². The number of likely N-dealkylation sites (tertiary alicyclic amines) is 1. The molecular formula is C16H20Cl3NO8. The summed E-state index contributed by atoms with van der Waals surface area (Å²) in [4.78, 5) is 49.0. The van der Waals surface area contributed by atoms with Crippen molar-refractivity contribution in [3.63, 3.8) is 0 Å². The van der Waals surface area contributed by atoms with Crippen molar-refractivity contribution in [1.82, 2.24) is 4.90 Å². The van der Waals surface area contributed by atoms with Gasteiger partial charge in [0.1, 0.15) is 17.7 Å². The van der Waals surface area contributed by atoms with E-state index in [4.69, 9.17) is 44.3 Å². The quantitative estimate of drug-likeness (QED) is 0.188. The number of halogens is 3. The van der Waals surface area contributed by atoms with Gasteiger partial charge in [0.2, 0.25) is 5.91 Å². The molecular weight excluding hydrogens is 441 g/mol. The number of alkyl halides is 3. The van der Waals surface area contributed by atoms with Crippen LogP contribution in [0.15, 0.2) is 11.3 Å². The highest BCUT2D eigenvalue weighted by molar-refractivity contribution is 6.50. The van der Waals surface area contributed by atoms with Crippen LogP contribution in [0.3, 0.4) is 0 Å². The van der Waals surface area contributed by atoms with Crippen LogP contribution < -0.4 is 0 Å². The van der Waals surface area contributed by atoms with Gasteiger partial charge < -0.3 is 18.9 Å². The molecule has 1 heterocycles. The van der Waals surface area contributed by atoms with Crippen molar-refractivity contribution >= 4 is 58.8 Å². The lowest BCUT2D eigenvalue weighted by molar-refractivity contribution is -0.203. The number of carbonyl (C=O) groups is 4. The van der Waals surface area contributed by atoms with Gasteiger partial charge in [0.25, 0.3) is 4.52 Å². The second-order valence-corrected chi connectivity index (χ2v) is 7.70. The fourth-order valence-electron chi connectivity index (χ4n) is 2.49. The minimum atomic E-state index is -2.01. The Morgan fingerprint density at radius 2 is 1.79 bits per heavy atom. The highest BCUT2D eigenvalue weighted by Gasteiger charge is 2.56. The monoisotopic (exact) mass is 459 g/mol. The molecule has 12 heteroatoms. The van der Waals surface area contributed by atoms with E-state index in [9.17, 15) is 19.2 Å². The molecule has 0 aromatic heterocycles. The van der Waals surface area contributed by atoms with Crippen LogP contribution in [0.1, 0.15) is 27.7 Å². The molecule has 158 valence electrons. The zero-order valence-electron chi connectivity index (χ0n) is 15.8. The van der Waals surface area contributed by atoms with Gasteiger partial charge in [-0.25, -0.2) is 9.59 Å². The number of rotatable bonds is 7. The molecule has 0 bridgehead atoms. The highest BCUT2D eigenvalue weighted by atomic mass is 35.5. The standard InChI is InChI=1S/C16H20Cl3NO8/c1-7(2)11(14(23)25-5)20-12(22)10(13(20)27-9(4)21)8(3)26-15(24)28-16(18,19)6-17/h8,10,13H,6H2,1-5H3. The van der Waals surface area contributed by atoms with Gasteiger partial charge in [-0.2, -0.15) is 0 Å². The Hall–Kier alpha value is -1.71. The average Bonchev–Trinajstić information content (AvgIpc) is 2.56. The minimum Gasteiger partial charge on any atom is -0.464 e. The molecule has 0 aliphatic carbocycles. The van der Waals surface area contributed by atoms with Gasteiger partial charge in [-0.1, -0.05) is 23.2 Å². The molecule has 0 saturated carbocycles. The van der Waals surface area contributed by atoms with E-state index in [0.29, 0.717) is 5.57 Å². The van der Waals surface area contributed by atoms with Crippen LogP contribution in [-0.4, -0.2) is 58.7 Å². The molecule has 3 unspecified atom stereocenters. The smallest absolute Gasteiger partial charge is 0.464 e. The van der Waals surface area contributed by atoms with Crippen LogP contribution in [-0.2, 0) is 33.3 Å². The summed E-state index contributed by atoms with van der Waals surface area (Å²) in [5.74, 6) is -3.62. The lowest BCUT2D eigenvalue weighted by atomic mass is 9.89. The van der Waals surface area contributed by atoms with Gasteiger partial charge in [-0.3, -0.25) is 14.5 Å². The maximum absolute atomic E-state index is 12.7. The molecule has 0 spiro atoms. The van der Waals surface area contributed by atoms with E-state index >= 15 is 0 Å². The van der Waals surface area contributed by atoms with Crippen molar-refractivity contribution in [2.75, 3.05) is 13.0 Å². The summed E-state index contributed by atoms with van der Waals surface area (Å²) >= 11 is 16.7. The van der Waals surface area contributed by atoms with Gasteiger partial charge in [0.05, 0.1) is 13.0 Å². The molecule has 9 nitrogen and oxygen atoms in total. The van der Waals surface area contributed by atoms with Crippen LogP contribution in [0, 0.1) is 5.92 Å². The molecule has 1 fully saturated rings. The predicted octanol–water partition coefficient (Wildman–Crippen LogP) is 2.71. The van der Waals surface area contributed by atoms with Crippen molar-refractivity contribution in [2.24, 2.45) is 5.92 Å². The fourth-order valence-corrected chi connectivity index (χ4v) is 2.67. The maximum Gasteiger partial charge on any atom is 0.511 e. The first-order chi connectivity index (χ1) is 12.9. The summed E-state index contributed by atoms with van der Waals surface area (Å²) in [6.07, 6.45) is -3.57. The first-order valence-electron chi connectivity index (χ1n) is 7.95. The van der Waals surface area contributed by atoms with E-state index in [2.05, 4.69) is 9.47 Å². The Morgan fingerprint density at radius 1 is 1.21 bits per heavy atom. The lowest BCUT2D eigenvalue weighted by Crippen LogP contribution is -2.66. The summed E-state index contributed by atoms with van der Waals surface area (Å²) < 4.78 is 17.4. The number of esters is 2. The number of methoxy groups -OCH3 is 1. The molecule has 0 aromatic rings. The predicted molar refractivity (Wildman–Crippen MR) is 98.5 cm³/mol. The molecule has 1 amide bonds. The molecule has 1 aliphatic rings. The van der Waals surface area contributed by atoms with E-state index < -0.39 is 52.7 Å². The van der Waals surface area contributed by atoms with Crippen molar-refractivity contribution in [1.29, 1.82) is 0 Å². The largest absolute Gasteiger partial charge is 0.511 e. The normalized spacial score (nSPS) is 19.9. The number of β-lactam (4-membered cyclic amide) rings is 1. The second-order valence-electron chi connectivity index (χ2n) is 6.02. The van der Waals surface area contributed by atoms with Crippen molar-refractivity contribution in [3.05, 3.63) is 11.3 Å². The number of carbonyl (C=O) groups excluding carboxylic acids is 4. The third-order valence-electron chi connectivity index (χ3n) is 3.64. The van der Waals surface area contributed by atoms with Gasteiger partial charge >= 0.3 is 18.1 Å². The molecule has 3 atom stereocenters. The zero-order chi connectivity index (χ0) is 21.8. The Balaban J connectivity index is 3.05. The third kappa shape index (κ3) is 5.65. The zero-order valence-corrected chi connectivity index (χ0v) is 18.1. The SMILES string of the molecule is COC(=O)C(=C(C)C)N1C(=O)C(C(C)OC(=O)OC(Cl)(Cl)CCl)C1OC(C)=O. The summed E-state index contributed by atoms with van der Waals surface area (Å²) in [6, 6.07) is 0. The van der Waals surface area contributed by atoms with Gasteiger partial charge in [0, 0.05) is 6.92 Å². The van der Waals surface area contributed by atoms with Crippen molar-refractivity contribution < 1.29 is 38.1 Å². The summed E-state index contributed by atoms with van der Waals surface area (Å²) in [7, 11) is 1.15. The van der Waals surface area contributed by atoms with Crippen LogP contribution >= 0.6 is 34.8 Å². The molecule has 28 heavy (non-hydrogen) atoms. The Bertz CT molecular complexity index is 689. The molecule has 1 rings (SSSR count). The van der Waals surface area contributed by atoms with Crippen LogP contribution in [0.2, 0.25) is 0 Å². The van der Waals surface area contributed by atoms with E-state index in [1.807, 2.05) is 0 Å². The van der Waals surface area contributed by atoms with Gasteiger partial charge in [-0.05, 0) is 26.3 Å². The lowest BCUT2D eigenvalue weighted by Gasteiger charge is -2.47. The van der Waals surface area contributed by atoms with E-state index in [-0.39, 0.29) is 5.70 Å². The fraction of sp³-hybridized carbons (Fsp3) is 0.625. The topological polar surface area (TPSA) is 108 Å². The molecule has 0 radical (unpaired) electrons. The third-order valence-corrected chi connectivity index (χ3v) is 4.71.